The predicted octanol–water partition coefficient (Wildman–Crippen LogP) is 0.0771. The Morgan fingerprint density at radius 3 is 1.89 bits per heavy atom. The topological polar surface area (TPSA) is 3.24 Å². The molecule has 0 saturated carbocycles. The van der Waals surface area contributed by atoms with Crippen LogP contribution in [-0.2, 0) is 12.6 Å². The Labute approximate surface area is 181 Å². The zero-order valence-electron chi connectivity index (χ0n) is 12.3. The van der Waals surface area contributed by atoms with E-state index >= 15 is 0 Å². The van der Waals surface area contributed by atoms with E-state index in [9.17, 15) is 0 Å². The van der Waals surface area contributed by atoms with Gasteiger partial charge in [-0.15, -0.1) is 0 Å². The van der Waals surface area contributed by atoms with Crippen LogP contribution in [0.15, 0.2) is 0 Å². The monoisotopic (exact) mass is 397 g/mol. The van der Waals surface area contributed by atoms with Gasteiger partial charge in [-0.3, -0.25) is 0 Å². The summed E-state index contributed by atoms with van der Waals surface area (Å²) in [5, 5.41) is 0. The molecule has 0 spiro atoms. The SMILES string of the molecule is CCCSCCSCCSCC(C[S-])N(C)C.[Rb+]. The fraction of sp³-hybridized carbons (Fsp3) is 1.00. The Morgan fingerprint density at radius 1 is 0.944 bits per heavy atom. The van der Waals surface area contributed by atoms with Gasteiger partial charge in [-0.25, -0.2) is 0 Å². The second-order valence-electron chi connectivity index (χ2n) is 4.08. The van der Waals surface area contributed by atoms with Crippen LogP contribution in [0.2, 0.25) is 0 Å². The number of thioether (sulfide) groups is 3. The first kappa shape index (κ1) is 23.4. The third-order valence-corrected chi connectivity index (χ3v) is 6.52. The Hall–Kier alpha value is 3.17. The number of hydrogen-bond acceptors (Lipinski definition) is 5. The van der Waals surface area contributed by atoms with Crippen molar-refractivity contribution in [3.8, 4) is 0 Å². The molecule has 0 fully saturated rings. The van der Waals surface area contributed by atoms with Gasteiger partial charge in [0.25, 0.3) is 0 Å². The molecule has 1 unspecified atom stereocenters. The van der Waals surface area contributed by atoms with Gasteiger partial charge in [0.2, 0.25) is 0 Å². The van der Waals surface area contributed by atoms with E-state index in [1.54, 1.807) is 0 Å². The van der Waals surface area contributed by atoms with E-state index in [1.807, 2.05) is 11.8 Å². The van der Waals surface area contributed by atoms with Crippen LogP contribution < -0.4 is 58.2 Å². The van der Waals surface area contributed by atoms with E-state index in [2.05, 4.69) is 49.4 Å². The first-order valence-electron chi connectivity index (χ1n) is 6.20. The van der Waals surface area contributed by atoms with E-state index in [-0.39, 0.29) is 58.2 Å². The van der Waals surface area contributed by atoms with Crippen LogP contribution in [0.1, 0.15) is 13.3 Å². The Kier molecular flexibility index (Phi) is 23.7. The molecule has 0 saturated heterocycles. The van der Waals surface area contributed by atoms with Crippen molar-refractivity contribution < 1.29 is 58.2 Å². The van der Waals surface area contributed by atoms with Gasteiger partial charge in [0.1, 0.15) is 0 Å². The van der Waals surface area contributed by atoms with Crippen molar-refractivity contribution in [2.45, 2.75) is 19.4 Å². The summed E-state index contributed by atoms with van der Waals surface area (Å²) in [5.74, 6) is 8.53. The molecule has 0 aromatic carbocycles. The van der Waals surface area contributed by atoms with Gasteiger partial charge in [-0.05, 0) is 32.3 Å². The molecule has 0 radical (unpaired) electrons. The van der Waals surface area contributed by atoms with Crippen molar-refractivity contribution in [3.63, 3.8) is 0 Å². The molecule has 0 aliphatic rings. The van der Waals surface area contributed by atoms with Gasteiger partial charge in [0.15, 0.2) is 0 Å². The zero-order valence-corrected chi connectivity index (χ0v) is 20.5. The summed E-state index contributed by atoms with van der Waals surface area (Å²) in [4.78, 5) is 2.24. The van der Waals surface area contributed by atoms with Crippen molar-refractivity contribution >= 4 is 47.9 Å². The van der Waals surface area contributed by atoms with Crippen LogP contribution in [0.4, 0.5) is 0 Å². The Morgan fingerprint density at radius 2 is 1.44 bits per heavy atom. The Balaban J connectivity index is 0. The van der Waals surface area contributed by atoms with Gasteiger partial charge in [-0.2, -0.15) is 41.0 Å². The predicted molar refractivity (Wildman–Crippen MR) is 92.0 cm³/mol. The second-order valence-corrected chi connectivity index (χ2v) is 8.02. The maximum atomic E-state index is 5.15. The minimum atomic E-state index is 0. The second kappa shape index (κ2) is 18.2. The normalized spacial score (nSPS) is 12.5. The molecule has 18 heavy (non-hydrogen) atoms. The van der Waals surface area contributed by atoms with Crippen LogP contribution in [-0.4, -0.2) is 65.3 Å². The van der Waals surface area contributed by atoms with Gasteiger partial charge >= 0.3 is 58.2 Å². The van der Waals surface area contributed by atoms with E-state index in [0.717, 1.165) is 5.75 Å². The van der Waals surface area contributed by atoms with Crippen molar-refractivity contribution in [1.29, 1.82) is 0 Å². The molecule has 0 aromatic rings. The van der Waals surface area contributed by atoms with Crippen molar-refractivity contribution in [2.24, 2.45) is 0 Å². The fourth-order valence-electron chi connectivity index (χ4n) is 1.15. The van der Waals surface area contributed by atoms with Gasteiger partial charge in [0, 0.05) is 28.8 Å². The van der Waals surface area contributed by atoms with Gasteiger partial charge in [-0.1, -0.05) is 6.92 Å². The summed E-state index contributed by atoms with van der Waals surface area (Å²) in [7, 11) is 4.24. The summed E-state index contributed by atoms with van der Waals surface area (Å²) < 4.78 is 0. The molecule has 0 N–H and O–H groups in total. The molecule has 1 nitrogen and oxygen atoms in total. The van der Waals surface area contributed by atoms with Crippen molar-refractivity contribution in [3.05, 3.63) is 0 Å². The van der Waals surface area contributed by atoms with Crippen LogP contribution in [0.5, 0.6) is 0 Å². The van der Waals surface area contributed by atoms with Crippen LogP contribution in [0.3, 0.4) is 0 Å². The van der Waals surface area contributed by atoms with E-state index in [1.165, 1.54) is 40.9 Å². The quantitative estimate of drug-likeness (QED) is 0.338. The summed E-state index contributed by atoms with van der Waals surface area (Å²) in [5.41, 5.74) is 0. The molecule has 0 bridgehead atoms. The summed E-state index contributed by atoms with van der Waals surface area (Å²) in [6.45, 7) is 2.25. The van der Waals surface area contributed by atoms with Crippen LogP contribution in [0.25, 0.3) is 0 Å². The molecule has 1 atom stereocenters. The molecule has 0 aliphatic heterocycles. The minimum absolute atomic E-state index is 0. The molecule has 0 rings (SSSR count). The fourth-order valence-corrected chi connectivity index (χ4v) is 5.15. The van der Waals surface area contributed by atoms with E-state index in [4.69, 9.17) is 12.6 Å². The molecule has 0 amide bonds. The number of hydrogen-bond donors (Lipinski definition) is 0. The maximum Gasteiger partial charge on any atom is 1.00 e. The molecular formula is C12H26NRbS4. The first-order chi connectivity index (χ1) is 8.22. The number of nitrogens with zero attached hydrogens (tertiary/aromatic N) is 1. The molecule has 0 aromatic heterocycles. The van der Waals surface area contributed by atoms with Gasteiger partial charge in [0.05, 0.1) is 0 Å². The van der Waals surface area contributed by atoms with Gasteiger partial charge < -0.3 is 17.5 Å². The van der Waals surface area contributed by atoms with E-state index < -0.39 is 0 Å². The molecule has 6 heteroatoms. The van der Waals surface area contributed by atoms with Crippen molar-refractivity contribution in [2.75, 3.05) is 54.4 Å². The van der Waals surface area contributed by atoms with Crippen LogP contribution >= 0.6 is 35.3 Å². The first-order valence-corrected chi connectivity index (χ1v) is 10.2. The molecule has 0 aliphatic carbocycles. The molecule has 0 heterocycles. The molecular weight excluding hydrogens is 372 g/mol. The standard InChI is InChI=1S/C12H27NS4.Rb/c1-4-5-15-6-7-16-8-9-17-11-12(10-14)13(2)3;/h12,14H,4-11H2,1-3H3;/q;+1/p-1. The number of rotatable bonds is 12. The maximum absolute atomic E-state index is 5.15. The Bertz CT molecular complexity index is 161. The summed E-state index contributed by atoms with van der Waals surface area (Å²) in [6.07, 6.45) is 1.30. The largest absolute Gasteiger partial charge is 1.00 e. The third kappa shape index (κ3) is 15.6. The van der Waals surface area contributed by atoms with Crippen molar-refractivity contribution in [1.82, 2.24) is 4.90 Å². The van der Waals surface area contributed by atoms with E-state index in [0.29, 0.717) is 6.04 Å². The molecule has 104 valence electrons. The zero-order chi connectivity index (χ0) is 12.9. The average Bonchev–Trinajstić information content (AvgIpc) is 2.31. The smallest absolute Gasteiger partial charge is 0.791 e. The summed E-state index contributed by atoms with van der Waals surface area (Å²) >= 11 is 11.4. The van der Waals surface area contributed by atoms with Crippen LogP contribution in [0, 0.1) is 0 Å². The average molecular weight is 398 g/mol. The summed E-state index contributed by atoms with van der Waals surface area (Å²) in [6, 6.07) is 0.570. The minimum Gasteiger partial charge on any atom is -0.791 e. The third-order valence-electron chi connectivity index (χ3n) is 2.33.